The molecule has 1 rings (SSSR count). The number of nitrogens with two attached hydrogens (primary N) is 1. The molecule has 1 unspecified atom stereocenters. The Bertz CT molecular complexity index is 354. The van der Waals surface area contributed by atoms with E-state index in [1.54, 1.807) is 17.0 Å². The number of carboxylic acid groups (broad SMARTS) is 1. The Labute approximate surface area is 93.5 Å². The molecular formula is C11H15FN2O2. The van der Waals surface area contributed by atoms with Crippen molar-refractivity contribution in [1.29, 1.82) is 0 Å². The summed E-state index contributed by atoms with van der Waals surface area (Å²) in [7, 11) is 0. The van der Waals surface area contributed by atoms with Crippen LogP contribution >= 0.6 is 0 Å². The normalized spacial score (nSPS) is 12.2. The Hall–Kier alpha value is -1.62. The molecule has 0 fully saturated rings. The third-order valence-corrected chi connectivity index (χ3v) is 2.38. The number of carbonyl (C=O) groups is 1. The first-order valence-electron chi connectivity index (χ1n) is 5.05. The summed E-state index contributed by atoms with van der Waals surface area (Å²) in [6.45, 7) is 2.34. The van der Waals surface area contributed by atoms with Crippen LogP contribution in [-0.4, -0.2) is 30.2 Å². The number of rotatable bonds is 5. The van der Waals surface area contributed by atoms with Crippen LogP contribution in [0.25, 0.3) is 0 Å². The third kappa shape index (κ3) is 2.70. The second-order valence-corrected chi connectivity index (χ2v) is 3.35. The fourth-order valence-corrected chi connectivity index (χ4v) is 1.58. The van der Waals surface area contributed by atoms with Crippen LogP contribution in [0.1, 0.15) is 6.92 Å². The minimum Gasteiger partial charge on any atom is -0.480 e. The van der Waals surface area contributed by atoms with Crippen molar-refractivity contribution in [1.82, 2.24) is 0 Å². The monoisotopic (exact) mass is 226 g/mol. The van der Waals surface area contributed by atoms with Gasteiger partial charge in [-0.3, -0.25) is 0 Å². The van der Waals surface area contributed by atoms with E-state index in [9.17, 15) is 9.18 Å². The molecule has 0 saturated carbocycles. The van der Waals surface area contributed by atoms with E-state index in [1.807, 2.05) is 6.92 Å². The zero-order valence-corrected chi connectivity index (χ0v) is 9.06. The van der Waals surface area contributed by atoms with Crippen LogP contribution in [0.5, 0.6) is 0 Å². The van der Waals surface area contributed by atoms with Gasteiger partial charge in [0, 0.05) is 18.8 Å². The van der Waals surface area contributed by atoms with E-state index in [4.69, 9.17) is 10.8 Å². The average Bonchev–Trinajstić information content (AvgIpc) is 2.26. The molecule has 0 spiro atoms. The molecule has 0 heterocycles. The minimum atomic E-state index is -0.978. The van der Waals surface area contributed by atoms with Crippen molar-refractivity contribution in [2.24, 2.45) is 5.73 Å². The first-order chi connectivity index (χ1) is 7.60. The fourth-order valence-electron chi connectivity index (χ4n) is 1.58. The van der Waals surface area contributed by atoms with Gasteiger partial charge in [0.25, 0.3) is 0 Å². The van der Waals surface area contributed by atoms with E-state index in [0.717, 1.165) is 0 Å². The van der Waals surface area contributed by atoms with Gasteiger partial charge in [-0.25, -0.2) is 9.18 Å². The van der Waals surface area contributed by atoms with Gasteiger partial charge < -0.3 is 15.7 Å². The number of carboxylic acids is 1. The molecule has 0 bridgehead atoms. The highest BCUT2D eigenvalue weighted by molar-refractivity contribution is 5.78. The highest BCUT2D eigenvalue weighted by Crippen LogP contribution is 2.17. The van der Waals surface area contributed by atoms with Gasteiger partial charge in [0.05, 0.1) is 0 Å². The van der Waals surface area contributed by atoms with Gasteiger partial charge in [0.15, 0.2) is 0 Å². The molecule has 0 saturated heterocycles. The smallest absolute Gasteiger partial charge is 0.327 e. The number of nitrogens with zero attached hydrogens (tertiary/aromatic N) is 1. The maximum atomic E-state index is 12.7. The Balaban J connectivity index is 2.96. The summed E-state index contributed by atoms with van der Waals surface area (Å²) < 4.78 is 12.7. The fraction of sp³-hybridized carbons (Fsp3) is 0.364. The molecule has 4 nitrogen and oxygen atoms in total. The summed E-state index contributed by atoms with van der Waals surface area (Å²) in [5.74, 6) is -1.33. The number of benzene rings is 1. The summed E-state index contributed by atoms with van der Waals surface area (Å²) in [5, 5.41) is 8.99. The van der Waals surface area contributed by atoms with E-state index in [-0.39, 0.29) is 12.4 Å². The lowest BCUT2D eigenvalue weighted by Gasteiger charge is -2.28. The number of halogens is 1. The van der Waals surface area contributed by atoms with Gasteiger partial charge in [-0.1, -0.05) is 0 Å². The molecule has 0 amide bonds. The number of anilines is 1. The summed E-state index contributed by atoms with van der Waals surface area (Å²) in [5.41, 5.74) is 6.08. The third-order valence-electron chi connectivity index (χ3n) is 2.38. The lowest BCUT2D eigenvalue weighted by atomic mass is 10.2. The molecule has 0 aliphatic carbocycles. The molecule has 88 valence electrons. The van der Waals surface area contributed by atoms with Crippen molar-refractivity contribution in [3.8, 4) is 0 Å². The number of hydrogen-bond donors (Lipinski definition) is 2. The lowest BCUT2D eigenvalue weighted by Crippen LogP contribution is -2.46. The first-order valence-corrected chi connectivity index (χ1v) is 5.05. The van der Waals surface area contributed by atoms with Crippen molar-refractivity contribution in [3.05, 3.63) is 30.1 Å². The molecule has 1 atom stereocenters. The van der Waals surface area contributed by atoms with Crippen molar-refractivity contribution in [2.75, 3.05) is 18.0 Å². The van der Waals surface area contributed by atoms with Crippen LogP contribution in [0.2, 0.25) is 0 Å². The molecule has 0 radical (unpaired) electrons. The highest BCUT2D eigenvalue weighted by atomic mass is 19.1. The lowest BCUT2D eigenvalue weighted by molar-refractivity contribution is -0.138. The Morgan fingerprint density at radius 3 is 2.44 bits per heavy atom. The van der Waals surface area contributed by atoms with Crippen LogP contribution in [0, 0.1) is 5.82 Å². The molecule has 1 aromatic rings. The number of aliphatic carboxylic acids is 1. The van der Waals surface area contributed by atoms with Crippen LogP contribution in [0.15, 0.2) is 24.3 Å². The second kappa shape index (κ2) is 5.46. The summed E-state index contributed by atoms with van der Waals surface area (Å²) >= 11 is 0. The van der Waals surface area contributed by atoms with Crippen molar-refractivity contribution < 1.29 is 14.3 Å². The van der Waals surface area contributed by atoms with E-state index in [1.165, 1.54) is 12.1 Å². The van der Waals surface area contributed by atoms with E-state index < -0.39 is 12.0 Å². The standard InChI is InChI=1S/C11H15FN2O2/c1-2-14(10(7-13)11(15)16)9-5-3-8(12)4-6-9/h3-6,10H,2,7,13H2,1H3,(H,15,16). The summed E-state index contributed by atoms with van der Waals surface area (Å²) in [6, 6.07) is 4.91. The predicted octanol–water partition coefficient (Wildman–Crippen LogP) is 1.06. The zero-order valence-electron chi connectivity index (χ0n) is 9.06. The predicted molar refractivity (Wildman–Crippen MR) is 59.9 cm³/mol. The van der Waals surface area contributed by atoms with Crippen molar-refractivity contribution >= 4 is 11.7 Å². The van der Waals surface area contributed by atoms with Crippen molar-refractivity contribution in [3.63, 3.8) is 0 Å². The molecule has 5 heteroatoms. The largest absolute Gasteiger partial charge is 0.480 e. The van der Waals surface area contributed by atoms with E-state index in [0.29, 0.717) is 12.2 Å². The minimum absolute atomic E-state index is 0.0144. The van der Waals surface area contributed by atoms with Crippen LogP contribution in [-0.2, 0) is 4.79 Å². The SMILES string of the molecule is CCN(c1ccc(F)cc1)C(CN)C(=O)O. The maximum Gasteiger partial charge on any atom is 0.327 e. The van der Waals surface area contributed by atoms with Crippen LogP contribution in [0.3, 0.4) is 0 Å². The van der Waals surface area contributed by atoms with Crippen LogP contribution < -0.4 is 10.6 Å². The maximum absolute atomic E-state index is 12.7. The Morgan fingerprint density at radius 1 is 1.50 bits per heavy atom. The highest BCUT2D eigenvalue weighted by Gasteiger charge is 2.22. The van der Waals surface area contributed by atoms with Gasteiger partial charge in [-0.05, 0) is 31.2 Å². The molecule has 16 heavy (non-hydrogen) atoms. The Morgan fingerprint density at radius 2 is 2.06 bits per heavy atom. The number of likely N-dealkylation sites (N-methyl/N-ethyl adjacent to an activating group) is 1. The molecular weight excluding hydrogens is 211 g/mol. The molecule has 3 N–H and O–H groups in total. The average molecular weight is 226 g/mol. The second-order valence-electron chi connectivity index (χ2n) is 3.35. The van der Waals surface area contributed by atoms with Gasteiger partial charge in [0.1, 0.15) is 11.9 Å². The van der Waals surface area contributed by atoms with Gasteiger partial charge >= 0.3 is 5.97 Å². The first kappa shape index (κ1) is 12.4. The van der Waals surface area contributed by atoms with Crippen molar-refractivity contribution in [2.45, 2.75) is 13.0 Å². The van der Waals surface area contributed by atoms with Gasteiger partial charge in [-0.2, -0.15) is 0 Å². The van der Waals surface area contributed by atoms with Gasteiger partial charge in [0.2, 0.25) is 0 Å². The topological polar surface area (TPSA) is 66.6 Å². The zero-order chi connectivity index (χ0) is 12.1. The van der Waals surface area contributed by atoms with Crippen LogP contribution in [0.4, 0.5) is 10.1 Å². The van der Waals surface area contributed by atoms with Gasteiger partial charge in [-0.15, -0.1) is 0 Å². The summed E-state index contributed by atoms with van der Waals surface area (Å²) in [6.07, 6.45) is 0. The van der Waals surface area contributed by atoms with E-state index >= 15 is 0 Å². The number of hydrogen-bond acceptors (Lipinski definition) is 3. The molecule has 1 aromatic carbocycles. The van der Waals surface area contributed by atoms with E-state index in [2.05, 4.69) is 0 Å². The quantitative estimate of drug-likeness (QED) is 0.788. The summed E-state index contributed by atoms with van der Waals surface area (Å²) in [4.78, 5) is 12.6. The Kier molecular flexibility index (Phi) is 4.25. The molecule has 0 aliphatic heterocycles. The molecule has 0 aromatic heterocycles. The molecule has 0 aliphatic rings.